The molecule has 3 N–H and O–H groups in total. The average Bonchev–Trinajstić information content (AvgIpc) is 2.93. The fourth-order valence-electron chi connectivity index (χ4n) is 3.12. The number of thiazole rings is 1. The number of hydrogen-bond donors (Lipinski definition) is 3. The molecule has 0 bridgehead atoms. The van der Waals surface area contributed by atoms with Gasteiger partial charge < -0.3 is 15.7 Å². The van der Waals surface area contributed by atoms with Crippen LogP contribution in [0.3, 0.4) is 0 Å². The van der Waals surface area contributed by atoms with Crippen molar-refractivity contribution >= 4 is 17.4 Å². The van der Waals surface area contributed by atoms with E-state index in [4.69, 9.17) is 0 Å². The van der Waals surface area contributed by atoms with Gasteiger partial charge in [0.25, 0.3) is 0 Å². The molecule has 0 aliphatic heterocycles. The Morgan fingerprint density at radius 1 is 1.45 bits per heavy atom. The molecule has 2 amide bonds. The number of urea groups is 1. The zero-order valence-electron chi connectivity index (χ0n) is 13.3. The Kier molecular flexibility index (Phi) is 7.12. The van der Waals surface area contributed by atoms with Crippen molar-refractivity contribution in [3.05, 3.63) is 16.1 Å². The van der Waals surface area contributed by atoms with Crippen LogP contribution < -0.4 is 10.6 Å². The van der Waals surface area contributed by atoms with Gasteiger partial charge in [0.05, 0.1) is 5.01 Å². The van der Waals surface area contributed by atoms with E-state index in [9.17, 15) is 9.90 Å². The first-order valence-electron chi connectivity index (χ1n) is 8.25. The average molecular weight is 325 g/mol. The molecule has 22 heavy (non-hydrogen) atoms. The quantitative estimate of drug-likeness (QED) is 0.721. The minimum Gasteiger partial charge on any atom is -0.396 e. The van der Waals surface area contributed by atoms with Crippen molar-refractivity contribution in [2.24, 2.45) is 5.92 Å². The molecule has 1 saturated carbocycles. The van der Waals surface area contributed by atoms with Crippen LogP contribution in [0.1, 0.15) is 48.4 Å². The van der Waals surface area contributed by atoms with Crippen molar-refractivity contribution in [1.29, 1.82) is 0 Å². The number of nitrogens with zero attached hydrogens (tertiary/aromatic N) is 1. The van der Waals surface area contributed by atoms with Crippen molar-refractivity contribution < 1.29 is 9.90 Å². The molecule has 1 aliphatic carbocycles. The first-order valence-corrected chi connectivity index (χ1v) is 9.07. The van der Waals surface area contributed by atoms with Crippen LogP contribution in [0.25, 0.3) is 0 Å². The summed E-state index contributed by atoms with van der Waals surface area (Å²) in [5.41, 5.74) is 0. The maximum Gasteiger partial charge on any atom is 0.315 e. The van der Waals surface area contributed by atoms with Crippen LogP contribution in [0.5, 0.6) is 0 Å². The predicted molar refractivity (Wildman–Crippen MR) is 89.2 cm³/mol. The maximum atomic E-state index is 12.0. The van der Waals surface area contributed by atoms with Crippen molar-refractivity contribution in [2.45, 2.75) is 57.9 Å². The molecule has 1 unspecified atom stereocenters. The normalized spacial score (nSPS) is 17.2. The second kappa shape index (κ2) is 9.10. The lowest BCUT2D eigenvalue weighted by molar-refractivity contribution is 0.197. The van der Waals surface area contributed by atoms with Gasteiger partial charge >= 0.3 is 6.03 Å². The zero-order chi connectivity index (χ0) is 15.8. The van der Waals surface area contributed by atoms with Gasteiger partial charge in [0.2, 0.25) is 0 Å². The lowest BCUT2D eigenvalue weighted by atomic mass is 9.83. The van der Waals surface area contributed by atoms with Crippen LogP contribution in [-0.2, 0) is 6.42 Å². The van der Waals surface area contributed by atoms with E-state index in [-0.39, 0.29) is 18.7 Å². The van der Waals surface area contributed by atoms with E-state index in [2.05, 4.69) is 15.6 Å². The van der Waals surface area contributed by atoms with Gasteiger partial charge in [0, 0.05) is 36.7 Å². The van der Waals surface area contributed by atoms with Crippen LogP contribution in [0, 0.1) is 12.8 Å². The predicted octanol–water partition coefficient (Wildman–Crippen LogP) is 2.62. The fraction of sp³-hybridized carbons (Fsp3) is 0.750. The minimum absolute atomic E-state index is 0.0902. The number of aliphatic hydroxyl groups excluding tert-OH is 1. The number of amides is 2. The van der Waals surface area contributed by atoms with Gasteiger partial charge in [0.1, 0.15) is 0 Å². The summed E-state index contributed by atoms with van der Waals surface area (Å²) in [4.78, 5) is 17.5. The Hall–Kier alpha value is -1.14. The van der Waals surface area contributed by atoms with Crippen molar-refractivity contribution in [3.63, 3.8) is 0 Å². The van der Waals surface area contributed by atoms with Crippen LogP contribution in [0.4, 0.5) is 4.79 Å². The van der Waals surface area contributed by atoms with Crippen LogP contribution >= 0.6 is 11.3 Å². The first kappa shape index (κ1) is 17.2. The van der Waals surface area contributed by atoms with Crippen molar-refractivity contribution in [2.75, 3.05) is 13.2 Å². The summed E-state index contributed by atoms with van der Waals surface area (Å²) in [5.74, 6) is 0.508. The molecule has 0 saturated heterocycles. The van der Waals surface area contributed by atoms with E-state index >= 15 is 0 Å². The monoisotopic (exact) mass is 325 g/mol. The number of aliphatic hydroxyl groups is 1. The number of aryl methyl sites for hydroxylation is 1. The molecule has 124 valence electrons. The molecule has 0 aromatic carbocycles. The molecule has 5 nitrogen and oxygen atoms in total. The van der Waals surface area contributed by atoms with Crippen LogP contribution in [0.2, 0.25) is 0 Å². The van der Waals surface area contributed by atoms with Crippen LogP contribution in [-0.4, -0.2) is 35.3 Å². The smallest absolute Gasteiger partial charge is 0.315 e. The largest absolute Gasteiger partial charge is 0.396 e. The third-order valence-corrected chi connectivity index (χ3v) is 5.24. The van der Waals surface area contributed by atoms with Gasteiger partial charge in [0.15, 0.2) is 0 Å². The lowest BCUT2D eigenvalue weighted by Gasteiger charge is -2.30. The molecule has 1 aromatic heterocycles. The highest BCUT2D eigenvalue weighted by molar-refractivity contribution is 7.11. The topological polar surface area (TPSA) is 74.2 Å². The fourth-order valence-corrected chi connectivity index (χ4v) is 3.91. The van der Waals surface area contributed by atoms with Gasteiger partial charge in [-0.25, -0.2) is 9.78 Å². The van der Waals surface area contributed by atoms with Gasteiger partial charge in [-0.15, -0.1) is 11.3 Å². The SMILES string of the molecule is Cc1cnc(CCNC(=O)NC(CCO)C2CCCCC2)s1. The molecular weight excluding hydrogens is 298 g/mol. The number of hydrogen-bond acceptors (Lipinski definition) is 4. The van der Waals surface area contributed by atoms with Gasteiger partial charge in [-0.3, -0.25) is 0 Å². The molecule has 6 heteroatoms. The number of rotatable bonds is 7. The number of aromatic nitrogens is 1. The van der Waals surface area contributed by atoms with E-state index in [1.807, 2.05) is 13.1 Å². The molecular formula is C16H27N3O2S. The summed E-state index contributed by atoms with van der Waals surface area (Å²) >= 11 is 1.67. The summed E-state index contributed by atoms with van der Waals surface area (Å²) in [6.07, 6.45) is 9.34. The Morgan fingerprint density at radius 2 is 2.23 bits per heavy atom. The molecule has 0 radical (unpaired) electrons. The van der Waals surface area contributed by atoms with Gasteiger partial charge in [-0.1, -0.05) is 19.3 Å². The minimum atomic E-state index is -0.127. The molecule has 0 spiro atoms. The summed E-state index contributed by atoms with van der Waals surface area (Å²) in [5, 5.41) is 16.2. The molecule has 1 heterocycles. The Balaban J connectivity index is 1.72. The van der Waals surface area contributed by atoms with E-state index < -0.39 is 0 Å². The third kappa shape index (κ3) is 5.57. The van der Waals surface area contributed by atoms with E-state index in [1.165, 1.54) is 24.1 Å². The summed E-state index contributed by atoms with van der Waals surface area (Å²) < 4.78 is 0. The summed E-state index contributed by atoms with van der Waals surface area (Å²) in [6.45, 7) is 2.75. The second-order valence-electron chi connectivity index (χ2n) is 6.03. The lowest BCUT2D eigenvalue weighted by Crippen LogP contribution is -2.46. The Bertz CT molecular complexity index is 458. The highest BCUT2D eigenvalue weighted by Crippen LogP contribution is 2.27. The molecule has 1 aliphatic rings. The van der Waals surface area contributed by atoms with E-state index in [0.717, 1.165) is 24.3 Å². The van der Waals surface area contributed by atoms with Gasteiger partial charge in [-0.2, -0.15) is 0 Å². The highest BCUT2D eigenvalue weighted by Gasteiger charge is 2.24. The van der Waals surface area contributed by atoms with Crippen molar-refractivity contribution in [1.82, 2.24) is 15.6 Å². The second-order valence-corrected chi connectivity index (χ2v) is 7.35. The van der Waals surface area contributed by atoms with Crippen LogP contribution in [0.15, 0.2) is 6.20 Å². The van der Waals surface area contributed by atoms with E-state index in [0.29, 0.717) is 18.9 Å². The molecule has 2 rings (SSSR count). The first-order chi connectivity index (χ1) is 10.7. The highest BCUT2D eigenvalue weighted by atomic mass is 32.1. The Labute approximate surface area is 136 Å². The maximum absolute atomic E-state index is 12.0. The third-order valence-electron chi connectivity index (χ3n) is 4.27. The number of carbonyl (C=O) groups is 1. The summed E-state index contributed by atoms with van der Waals surface area (Å²) in [6, 6.07) is -0.0373. The molecule has 1 fully saturated rings. The zero-order valence-corrected chi connectivity index (χ0v) is 14.1. The number of nitrogens with one attached hydrogen (secondary N) is 2. The molecule has 1 aromatic rings. The van der Waals surface area contributed by atoms with Gasteiger partial charge in [-0.05, 0) is 32.1 Å². The van der Waals surface area contributed by atoms with E-state index in [1.54, 1.807) is 11.3 Å². The number of carbonyl (C=O) groups excluding carboxylic acids is 1. The Morgan fingerprint density at radius 3 is 2.86 bits per heavy atom. The standard InChI is InChI=1S/C16H27N3O2S/c1-12-11-18-15(22-12)7-9-17-16(21)19-14(8-10-20)13-5-3-2-4-6-13/h11,13-14,20H,2-10H2,1H3,(H2,17,19,21). The molecule has 1 atom stereocenters. The van der Waals surface area contributed by atoms with Crippen molar-refractivity contribution in [3.8, 4) is 0 Å². The summed E-state index contributed by atoms with van der Waals surface area (Å²) in [7, 11) is 0.